The molecule has 1 atom stereocenters. The minimum absolute atomic E-state index is 0.0776. The van der Waals surface area contributed by atoms with Crippen molar-refractivity contribution in [1.82, 2.24) is 5.32 Å². The van der Waals surface area contributed by atoms with E-state index in [1.54, 1.807) is 0 Å². The molecular weight excluding hydrogens is 120 g/mol. The van der Waals surface area contributed by atoms with Gasteiger partial charge in [0.15, 0.2) is 5.78 Å². The van der Waals surface area contributed by atoms with Gasteiger partial charge in [0, 0.05) is 6.42 Å². The maximum absolute atomic E-state index is 10.5. The number of Topliss-reactive ketones (excluding diaryl/α,β-unsaturated/α-hetero) is 1. The zero-order chi connectivity index (χ0) is 6.85. The molecule has 2 amide bonds. The van der Waals surface area contributed by atoms with Crippen molar-refractivity contribution in [3.8, 4) is 0 Å². The van der Waals surface area contributed by atoms with Crippen LogP contribution in [0.3, 0.4) is 0 Å². The fraction of sp³-hybridized carbons (Fsp3) is 0.600. The molecule has 0 radical (unpaired) electrons. The molecule has 50 valence electrons. The molecule has 1 saturated carbocycles. The molecule has 9 heavy (non-hydrogen) atoms. The average molecular weight is 128 g/mol. The van der Waals surface area contributed by atoms with Gasteiger partial charge in [-0.05, 0) is 6.42 Å². The molecule has 1 aliphatic rings. The molecule has 4 heteroatoms. The van der Waals surface area contributed by atoms with Crippen LogP contribution < -0.4 is 11.1 Å². The third kappa shape index (κ3) is 1.19. The van der Waals surface area contributed by atoms with Gasteiger partial charge in [-0.2, -0.15) is 0 Å². The summed E-state index contributed by atoms with van der Waals surface area (Å²) in [6.07, 6.45) is 1.31. The summed E-state index contributed by atoms with van der Waals surface area (Å²) in [5.74, 6) is 0.0776. The van der Waals surface area contributed by atoms with Gasteiger partial charge < -0.3 is 11.1 Å². The van der Waals surface area contributed by atoms with Crippen molar-refractivity contribution in [1.29, 1.82) is 0 Å². The smallest absolute Gasteiger partial charge is 0.312 e. The normalized spacial score (nSPS) is 24.9. The third-order valence-corrected chi connectivity index (χ3v) is 1.38. The molecule has 0 bridgehead atoms. The second-order valence-corrected chi connectivity index (χ2v) is 2.07. The lowest BCUT2D eigenvalue weighted by Gasteiger charge is -2.23. The molecule has 1 unspecified atom stereocenters. The van der Waals surface area contributed by atoms with Gasteiger partial charge in [0.25, 0.3) is 0 Å². The van der Waals surface area contributed by atoms with Gasteiger partial charge in [-0.1, -0.05) is 0 Å². The summed E-state index contributed by atoms with van der Waals surface area (Å²) in [6.45, 7) is 0. The summed E-state index contributed by atoms with van der Waals surface area (Å²) in [5.41, 5.74) is 4.76. The zero-order valence-corrected chi connectivity index (χ0v) is 4.89. The number of primary amides is 1. The van der Waals surface area contributed by atoms with Gasteiger partial charge in [-0.25, -0.2) is 4.79 Å². The fourth-order valence-corrected chi connectivity index (χ4v) is 0.731. The number of rotatable bonds is 1. The Morgan fingerprint density at radius 3 is 2.56 bits per heavy atom. The second kappa shape index (κ2) is 2.05. The Kier molecular flexibility index (Phi) is 1.38. The summed E-state index contributed by atoms with van der Waals surface area (Å²) in [4.78, 5) is 20.6. The van der Waals surface area contributed by atoms with E-state index >= 15 is 0 Å². The summed E-state index contributed by atoms with van der Waals surface area (Å²) < 4.78 is 0. The molecule has 1 fully saturated rings. The Labute approximate surface area is 52.4 Å². The minimum Gasteiger partial charge on any atom is -0.352 e. The van der Waals surface area contributed by atoms with E-state index in [9.17, 15) is 9.59 Å². The first-order valence-electron chi connectivity index (χ1n) is 2.79. The van der Waals surface area contributed by atoms with E-state index in [0.29, 0.717) is 6.42 Å². The van der Waals surface area contributed by atoms with Crippen molar-refractivity contribution in [2.45, 2.75) is 18.9 Å². The van der Waals surface area contributed by atoms with E-state index in [1.165, 1.54) is 0 Å². The molecule has 0 saturated heterocycles. The molecule has 1 aliphatic carbocycles. The van der Waals surface area contributed by atoms with Gasteiger partial charge in [0.1, 0.15) is 0 Å². The van der Waals surface area contributed by atoms with E-state index in [0.717, 1.165) is 6.42 Å². The van der Waals surface area contributed by atoms with Crippen molar-refractivity contribution in [3.05, 3.63) is 0 Å². The highest BCUT2D eigenvalue weighted by Crippen LogP contribution is 2.12. The molecule has 0 heterocycles. The topological polar surface area (TPSA) is 72.2 Å². The standard InChI is InChI=1S/C5H8N2O2/c6-5(9)7-3-1-2-4(3)8/h3H,1-2H2,(H3,6,7,9). The van der Waals surface area contributed by atoms with E-state index in [2.05, 4.69) is 5.32 Å². The highest BCUT2D eigenvalue weighted by atomic mass is 16.2. The van der Waals surface area contributed by atoms with Crippen LogP contribution in [-0.4, -0.2) is 17.9 Å². The lowest BCUT2D eigenvalue weighted by molar-refractivity contribution is -0.126. The van der Waals surface area contributed by atoms with E-state index in [1.807, 2.05) is 0 Å². The number of ketones is 1. The summed E-state index contributed by atoms with van der Waals surface area (Å²) in [6, 6.07) is -0.907. The van der Waals surface area contributed by atoms with Crippen molar-refractivity contribution < 1.29 is 9.59 Å². The number of carbonyl (C=O) groups excluding carboxylic acids is 2. The SMILES string of the molecule is NC(=O)NC1CCC1=O. The number of amides is 2. The molecular formula is C5H8N2O2. The monoisotopic (exact) mass is 128 g/mol. The zero-order valence-electron chi connectivity index (χ0n) is 4.89. The number of nitrogens with two attached hydrogens (primary N) is 1. The molecule has 0 aliphatic heterocycles. The van der Waals surface area contributed by atoms with Crippen LogP contribution in [0.5, 0.6) is 0 Å². The highest BCUT2D eigenvalue weighted by molar-refractivity contribution is 5.92. The van der Waals surface area contributed by atoms with Crippen LogP contribution in [0.1, 0.15) is 12.8 Å². The van der Waals surface area contributed by atoms with Crippen LogP contribution >= 0.6 is 0 Å². The van der Waals surface area contributed by atoms with Crippen LogP contribution in [0.4, 0.5) is 4.79 Å². The number of urea groups is 1. The average Bonchev–Trinajstić information content (AvgIpc) is 1.79. The molecule has 1 rings (SSSR count). The summed E-state index contributed by atoms with van der Waals surface area (Å²) in [5, 5.41) is 2.32. The Bertz CT molecular complexity index is 155. The minimum atomic E-state index is -0.618. The first-order valence-corrected chi connectivity index (χ1v) is 2.79. The molecule has 0 spiro atoms. The van der Waals surface area contributed by atoms with Crippen LogP contribution in [0.2, 0.25) is 0 Å². The van der Waals surface area contributed by atoms with Gasteiger partial charge in [0.2, 0.25) is 0 Å². The lowest BCUT2D eigenvalue weighted by Crippen LogP contribution is -2.49. The number of hydrogen-bond donors (Lipinski definition) is 2. The van der Waals surface area contributed by atoms with Gasteiger partial charge in [0.05, 0.1) is 6.04 Å². The molecule has 0 aromatic heterocycles. The van der Waals surface area contributed by atoms with E-state index in [4.69, 9.17) is 5.73 Å². The predicted octanol–water partition coefficient (Wildman–Crippen LogP) is -0.614. The maximum Gasteiger partial charge on any atom is 0.312 e. The van der Waals surface area contributed by atoms with E-state index in [-0.39, 0.29) is 11.8 Å². The predicted molar refractivity (Wildman–Crippen MR) is 30.7 cm³/mol. The first-order chi connectivity index (χ1) is 4.20. The van der Waals surface area contributed by atoms with Crippen molar-refractivity contribution in [2.24, 2.45) is 5.73 Å². The number of carbonyl (C=O) groups is 2. The third-order valence-electron chi connectivity index (χ3n) is 1.38. The van der Waals surface area contributed by atoms with Crippen molar-refractivity contribution in [3.63, 3.8) is 0 Å². The van der Waals surface area contributed by atoms with Crippen LogP contribution in [-0.2, 0) is 4.79 Å². The van der Waals surface area contributed by atoms with Crippen LogP contribution in [0.15, 0.2) is 0 Å². The lowest BCUT2D eigenvalue weighted by atomic mass is 9.91. The Hall–Kier alpha value is -1.06. The Balaban J connectivity index is 2.29. The first kappa shape index (κ1) is 6.07. The summed E-state index contributed by atoms with van der Waals surface area (Å²) >= 11 is 0. The van der Waals surface area contributed by atoms with Crippen molar-refractivity contribution >= 4 is 11.8 Å². The Morgan fingerprint density at radius 2 is 2.44 bits per heavy atom. The number of hydrogen-bond acceptors (Lipinski definition) is 2. The second-order valence-electron chi connectivity index (χ2n) is 2.07. The molecule has 3 N–H and O–H groups in total. The quantitative estimate of drug-likeness (QED) is 0.494. The maximum atomic E-state index is 10.5. The van der Waals surface area contributed by atoms with Gasteiger partial charge in [-0.3, -0.25) is 4.79 Å². The largest absolute Gasteiger partial charge is 0.352 e. The van der Waals surface area contributed by atoms with Gasteiger partial charge >= 0.3 is 6.03 Å². The van der Waals surface area contributed by atoms with Crippen LogP contribution in [0.25, 0.3) is 0 Å². The van der Waals surface area contributed by atoms with Crippen molar-refractivity contribution in [2.75, 3.05) is 0 Å². The fourth-order valence-electron chi connectivity index (χ4n) is 0.731. The summed E-state index contributed by atoms with van der Waals surface area (Å²) in [7, 11) is 0. The van der Waals surface area contributed by atoms with Crippen LogP contribution in [0, 0.1) is 0 Å². The van der Waals surface area contributed by atoms with E-state index < -0.39 is 6.03 Å². The number of nitrogens with one attached hydrogen (secondary N) is 1. The molecule has 0 aromatic carbocycles. The molecule has 0 aromatic rings. The van der Waals surface area contributed by atoms with Gasteiger partial charge in [-0.15, -0.1) is 0 Å². The molecule has 4 nitrogen and oxygen atoms in total. The Morgan fingerprint density at radius 1 is 1.78 bits per heavy atom. The highest BCUT2D eigenvalue weighted by Gasteiger charge is 2.28.